The molecule has 0 amide bonds. The van der Waals surface area contributed by atoms with Gasteiger partial charge in [-0.2, -0.15) is 0 Å². The van der Waals surface area contributed by atoms with Gasteiger partial charge in [0.05, 0.1) is 0 Å². The van der Waals surface area contributed by atoms with Gasteiger partial charge in [0.2, 0.25) is 5.71 Å². The minimum Gasteiger partial charge on any atom is -0.438 e. The lowest BCUT2D eigenvalue weighted by Crippen LogP contribution is -2.00. The second-order valence-electron chi connectivity index (χ2n) is 8.37. The van der Waals surface area contributed by atoms with E-state index in [1.165, 1.54) is 0 Å². The number of benzene rings is 4. The zero-order valence-electron chi connectivity index (χ0n) is 18.6. The summed E-state index contributed by atoms with van der Waals surface area (Å²) < 4.78 is 6.01. The van der Waals surface area contributed by atoms with Gasteiger partial charge < -0.3 is 4.42 Å². The number of hydrogen-bond acceptors (Lipinski definition) is 5. The van der Waals surface area contributed by atoms with Crippen molar-refractivity contribution in [3.05, 3.63) is 109 Å². The maximum atomic E-state index is 6.01. The molecule has 0 spiro atoms. The summed E-state index contributed by atoms with van der Waals surface area (Å²) in [7, 11) is 0. The van der Waals surface area contributed by atoms with Crippen LogP contribution >= 0.6 is 0 Å². The van der Waals surface area contributed by atoms with Gasteiger partial charge in [-0.1, -0.05) is 78.9 Å². The van der Waals surface area contributed by atoms with Crippen molar-refractivity contribution in [1.82, 2.24) is 19.9 Å². The van der Waals surface area contributed by atoms with Gasteiger partial charge in [-0.25, -0.2) is 19.9 Å². The van der Waals surface area contributed by atoms with E-state index in [4.69, 9.17) is 19.4 Å². The molecule has 0 atom stereocenters. The Kier molecular flexibility index (Phi) is 4.39. The van der Waals surface area contributed by atoms with Crippen LogP contribution in [0.25, 0.3) is 67.0 Å². The van der Waals surface area contributed by atoms with Crippen LogP contribution < -0.4 is 0 Å². The zero-order valence-corrected chi connectivity index (χ0v) is 18.6. The molecule has 0 aliphatic carbocycles. The third-order valence-electron chi connectivity index (χ3n) is 6.19. The highest BCUT2D eigenvalue weighted by atomic mass is 16.3. The first-order valence-corrected chi connectivity index (χ1v) is 11.4. The Hall–Kier alpha value is -4.90. The molecule has 35 heavy (non-hydrogen) atoms. The Morgan fingerprint density at radius 2 is 1.14 bits per heavy atom. The fourth-order valence-corrected chi connectivity index (χ4v) is 4.51. The van der Waals surface area contributed by atoms with Crippen molar-refractivity contribution in [3.8, 4) is 34.2 Å². The van der Waals surface area contributed by atoms with Crippen LogP contribution in [0.1, 0.15) is 0 Å². The number of hydrogen-bond donors (Lipinski definition) is 0. The van der Waals surface area contributed by atoms with Gasteiger partial charge in [-0.15, -0.1) is 0 Å². The summed E-state index contributed by atoms with van der Waals surface area (Å²) in [5.74, 6) is 1.92. The molecule has 7 rings (SSSR count). The van der Waals surface area contributed by atoms with Crippen molar-refractivity contribution < 1.29 is 4.42 Å². The Bertz CT molecular complexity index is 1790. The number of furan rings is 1. The smallest absolute Gasteiger partial charge is 0.227 e. The van der Waals surface area contributed by atoms with E-state index in [-0.39, 0.29) is 0 Å². The van der Waals surface area contributed by atoms with Crippen molar-refractivity contribution in [2.24, 2.45) is 0 Å². The highest BCUT2D eigenvalue weighted by molar-refractivity contribution is 6.18. The average Bonchev–Trinajstić information content (AvgIpc) is 3.33. The predicted molar refractivity (Wildman–Crippen MR) is 139 cm³/mol. The maximum absolute atomic E-state index is 6.01. The van der Waals surface area contributed by atoms with Crippen molar-refractivity contribution in [3.63, 3.8) is 0 Å². The molecular formula is C30H18N4O. The Morgan fingerprint density at radius 1 is 0.514 bits per heavy atom. The third-order valence-corrected chi connectivity index (χ3v) is 6.19. The second-order valence-corrected chi connectivity index (χ2v) is 8.37. The van der Waals surface area contributed by atoms with E-state index in [2.05, 4.69) is 29.2 Å². The molecule has 0 fully saturated rings. The number of aromatic nitrogens is 4. The molecule has 4 aromatic carbocycles. The summed E-state index contributed by atoms with van der Waals surface area (Å²) in [5.41, 5.74) is 4.26. The highest BCUT2D eigenvalue weighted by Crippen LogP contribution is 2.35. The molecule has 164 valence electrons. The van der Waals surface area contributed by atoms with Crippen LogP contribution in [-0.4, -0.2) is 19.9 Å². The fraction of sp³-hybridized carbons (Fsp3) is 0. The van der Waals surface area contributed by atoms with Gasteiger partial charge in [-0.3, -0.25) is 0 Å². The maximum Gasteiger partial charge on any atom is 0.227 e. The van der Waals surface area contributed by atoms with E-state index < -0.39 is 0 Å². The molecule has 0 aliphatic heterocycles. The number of pyridine rings is 1. The Balaban J connectivity index is 1.49. The Labute approximate surface area is 200 Å². The minimum absolute atomic E-state index is 0.627. The molecule has 5 heteroatoms. The first-order valence-electron chi connectivity index (χ1n) is 11.4. The van der Waals surface area contributed by atoms with Crippen LogP contribution in [0.3, 0.4) is 0 Å². The Morgan fingerprint density at radius 3 is 1.83 bits per heavy atom. The van der Waals surface area contributed by atoms with E-state index >= 15 is 0 Å². The summed E-state index contributed by atoms with van der Waals surface area (Å²) in [4.78, 5) is 19.0. The normalized spacial score (nSPS) is 11.4. The van der Waals surface area contributed by atoms with E-state index in [0.717, 1.165) is 43.8 Å². The molecular weight excluding hydrogens is 432 g/mol. The van der Waals surface area contributed by atoms with Gasteiger partial charge in [0.1, 0.15) is 5.58 Å². The third kappa shape index (κ3) is 3.33. The highest BCUT2D eigenvalue weighted by Gasteiger charge is 2.15. The van der Waals surface area contributed by atoms with Crippen molar-refractivity contribution in [2.75, 3.05) is 0 Å². The number of fused-ring (bicyclic) bond motifs is 5. The van der Waals surface area contributed by atoms with Crippen molar-refractivity contribution in [2.45, 2.75) is 0 Å². The molecule has 5 nitrogen and oxygen atoms in total. The SMILES string of the molecule is c1ccc(-c2nc(-c3ccccc3)nc(-c3ccc4ccc5oc6ncccc6c5c4c3)n2)cc1. The molecule has 0 bridgehead atoms. The predicted octanol–water partition coefficient (Wildman–Crippen LogP) is 7.32. The van der Waals surface area contributed by atoms with Gasteiger partial charge in [0.15, 0.2) is 17.5 Å². The van der Waals surface area contributed by atoms with E-state index in [1.54, 1.807) is 6.20 Å². The minimum atomic E-state index is 0.627. The van der Waals surface area contributed by atoms with Crippen LogP contribution in [0.5, 0.6) is 0 Å². The van der Waals surface area contributed by atoms with Gasteiger partial charge in [0.25, 0.3) is 0 Å². The first-order chi connectivity index (χ1) is 17.3. The van der Waals surface area contributed by atoms with E-state index in [0.29, 0.717) is 23.2 Å². The topological polar surface area (TPSA) is 64.7 Å². The van der Waals surface area contributed by atoms with Crippen LogP contribution in [-0.2, 0) is 0 Å². The molecule has 3 heterocycles. The standard InChI is InChI=1S/C30H18N4O/c1-3-8-20(9-4-1)27-32-28(21-10-5-2-6-11-21)34-29(33-27)22-14-13-19-15-16-25-26(24(19)18-22)23-12-7-17-31-30(23)35-25/h1-18H. The number of rotatable bonds is 3. The summed E-state index contributed by atoms with van der Waals surface area (Å²) in [6, 6.07) is 34.4. The lowest BCUT2D eigenvalue weighted by Gasteiger charge is -2.09. The average molecular weight is 451 g/mol. The molecule has 0 saturated carbocycles. The van der Waals surface area contributed by atoms with Crippen LogP contribution in [0.2, 0.25) is 0 Å². The molecule has 3 aromatic heterocycles. The lowest BCUT2D eigenvalue weighted by molar-refractivity contribution is 0.654. The van der Waals surface area contributed by atoms with Gasteiger partial charge >= 0.3 is 0 Å². The molecule has 0 N–H and O–H groups in total. The quantitative estimate of drug-likeness (QED) is 0.282. The van der Waals surface area contributed by atoms with Gasteiger partial charge in [-0.05, 0) is 35.0 Å². The second kappa shape index (κ2) is 7.85. The summed E-state index contributed by atoms with van der Waals surface area (Å²) in [6.45, 7) is 0. The first kappa shape index (κ1) is 19.6. The van der Waals surface area contributed by atoms with E-state index in [1.807, 2.05) is 78.9 Å². The molecule has 0 aliphatic rings. The summed E-state index contributed by atoms with van der Waals surface area (Å²) in [6.07, 6.45) is 1.75. The summed E-state index contributed by atoms with van der Waals surface area (Å²) >= 11 is 0. The van der Waals surface area contributed by atoms with Gasteiger partial charge in [0, 0.05) is 33.7 Å². The molecule has 0 radical (unpaired) electrons. The van der Waals surface area contributed by atoms with Crippen molar-refractivity contribution in [1.29, 1.82) is 0 Å². The number of nitrogens with zero attached hydrogens (tertiary/aromatic N) is 4. The molecule has 0 saturated heterocycles. The lowest BCUT2D eigenvalue weighted by atomic mass is 10.0. The molecule has 7 aromatic rings. The zero-order chi connectivity index (χ0) is 23.2. The largest absolute Gasteiger partial charge is 0.438 e. The van der Waals surface area contributed by atoms with Crippen LogP contribution in [0, 0.1) is 0 Å². The van der Waals surface area contributed by atoms with Crippen LogP contribution in [0.4, 0.5) is 0 Å². The van der Waals surface area contributed by atoms with E-state index in [9.17, 15) is 0 Å². The monoisotopic (exact) mass is 450 g/mol. The van der Waals surface area contributed by atoms with Crippen molar-refractivity contribution >= 4 is 32.8 Å². The van der Waals surface area contributed by atoms with Crippen LogP contribution in [0.15, 0.2) is 114 Å². The summed E-state index contributed by atoms with van der Waals surface area (Å²) in [5, 5.41) is 4.24. The fourth-order valence-electron chi connectivity index (χ4n) is 4.51. The molecule has 0 unspecified atom stereocenters.